The van der Waals surface area contributed by atoms with Crippen molar-refractivity contribution in [3.8, 4) is 0 Å². The molecule has 1 N–H and O–H groups in total. The average Bonchev–Trinajstić information content (AvgIpc) is 2.69. The van der Waals surface area contributed by atoms with E-state index in [9.17, 15) is 4.79 Å². The molecule has 0 unspecified atom stereocenters. The maximum atomic E-state index is 12.2. The van der Waals surface area contributed by atoms with Gasteiger partial charge in [0.1, 0.15) is 0 Å². The van der Waals surface area contributed by atoms with Crippen LogP contribution < -0.4 is 10.2 Å². The monoisotopic (exact) mass is 333 g/mol. The SMILES string of the molecule is CCN(c1ccccc1)c1ccc(C(=O)NCc2cccnc2)nn1. The second-order valence-electron chi connectivity index (χ2n) is 5.40. The molecule has 0 saturated carbocycles. The fraction of sp³-hybridized carbons (Fsp3) is 0.158. The standard InChI is InChI=1S/C19H19N5O/c1-2-24(16-8-4-3-5-9-16)18-11-10-17(22-23-18)19(25)21-14-15-7-6-12-20-13-15/h3-13H,2,14H2,1H3,(H,21,25). The van der Waals surface area contributed by atoms with Gasteiger partial charge in [-0.15, -0.1) is 10.2 Å². The first kappa shape index (κ1) is 16.6. The quantitative estimate of drug-likeness (QED) is 0.751. The zero-order chi connectivity index (χ0) is 17.5. The first-order valence-electron chi connectivity index (χ1n) is 8.11. The van der Waals surface area contributed by atoms with Gasteiger partial charge < -0.3 is 10.2 Å². The van der Waals surface area contributed by atoms with Crippen LogP contribution in [0.25, 0.3) is 0 Å². The van der Waals surface area contributed by atoms with Crippen molar-refractivity contribution in [2.24, 2.45) is 0 Å². The van der Waals surface area contributed by atoms with Gasteiger partial charge in [-0.25, -0.2) is 0 Å². The van der Waals surface area contributed by atoms with Crippen molar-refractivity contribution < 1.29 is 4.79 Å². The minimum atomic E-state index is -0.259. The molecule has 0 radical (unpaired) electrons. The Bertz CT molecular complexity index is 806. The summed E-state index contributed by atoms with van der Waals surface area (Å²) in [4.78, 5) is 18.2. The molecular weight excluding hydrogens is 314 g/mol. The Morgan fingerprint density at radius 2 is 1.88 bits per heavy atom. The Labute approximate surface area is 146 Å². The van der Waals surface area contributed by atoms with Crippen molar-refractivity contribution in [2.45, 2.75) is 13.5 Å². The fourth-order valence-corrected chi connectivity index (χ4v) is 2.45. The highest BCUT2D eigenvalue weighted by Gasteiger charge is 2.12. The Hall–Kier alpha value is -3.28. The summed E-state index contributed by atoms with van der Waals surface area (Å²) in [5.41, 5.74) is 2.26. The Balaban J connectivity index is 1.68. The minimum absolute atomic E-state index is 0.259. The molecule has 6 heteroatoms. The second-order valence-corrected chi connectivity index (χ2v) is 5.40. The van der Waals surface area contributed by atoms with E-state index in [2.05, 4.69) is 20.5 Å². The van der Waals surface area contributed by atoms with Crippen LogP contribution in [0.1, 0.15) is 23.0 Å². The summed E-state index contributed by atoms with van der Waals surface area (Å²) in [5, 5.41) is 11.1. The molecule has 0 bridgehead atoms. The molecular formula is C19H19N5O. The highest BCUT2D eigenvalue weighted by molar-refractivity contribution is 5.92. The molecule has 0 saturated heterocycles. The van der Waals surface area contributed by atoms with E-state index in [0.717, 1.165) is 17.8 Å². The number of carbonyl (C=O) groups excluding carboxylic acids is 1. The Morgan fingerprint density at radius 1 is 1.04 bits per heavy atom. The lowest BCUT2D eigenvalue weighted by Gasteiger charge is -2.21. The van der Waals surface area contributed by atoms with Gasteiger partial charge in [0.2, 0.25) is 0 Å². The second kappa shape index (κ2) is 8.01. The van der Waals surface area contributed by atoms with E-state index in [0.29, 0.717) is 12.4 Å². The normalized spacial score (nSPS) is 10.3. The molecule has 0 atom stereocenters. The van der Waals surface area contributed by atoms with Crippen LogP contribution in [0.4, 0.5) is 11.5 Å². The molecule has 0 aliphatic carbocycles. The first-order valence-corrected chi connectivity index (χ1v) is 8.11. The fourth-order valence-electron chi connectivity index (χ4n) is 2.45. The van der Waals surface area contributed by atoms with Gasteiger partial charge in [-0.1, -0.05) is 24.3 Å². The zero-order valence-electron chi connectivity index (χ0n) is 14.0. The predicted octanol–water partition coefficient (Wildman–Crippen LogP) is 2.96. The van der Waals surface area contributed by atoms with Gasteiger partial charge in [0.05, 0.1) is 0 Å². The Kier molecular flexibility index (Phi) is 5.31. The van der Waals surface area contributed by atoms with E-state index in [-0.39, 0.29) is 11.6 Å². The van der Waals surface area contributed by atoms with Crippen molar-refractivity contribution in [1.82, 2.24) is 20.5 Å². The number of hydrogen-bond donors (Lipinski definition) is 1. The number of nitrogens with zero attached hydrogens (tertiary/aromatic N) is 4. The van der Waals surface area contributed by atoms with E-state index >= 15 is 0 Å². The molecule has 0 fully saturated rings. The zero-order valence-corrected chi connectivity index (χ0v) is 14.0. The van der Waals surface area contributed by atoms with Crippen LogP contribution in [0.3, 0.4) is 0 Å². The third-order valence-electron chi connectivity index (χ3n) is 3.72. The van der Waals surface area contributed by atoms with Crippen LogP contribution >= 0.6 is 0 Å². The number of para-hydroxylation sites is 1. The molecule has 3 aromatic rings. The van der Waals surface area contributed by atoms with E-state index in [4.69, 9.17) is 0 Å². The van der Waals surface area contributed by atoms with E-state index in [1.54, 1.807) is 18.5 Å². The van der Waals surface area contributed by atoms with Crippen LogP contribution in [-0.2, 0) is 6.54 Å². The molecule has 0 aliphatic rings. The number of anilines is 2. The molecule has 25 heavy (non-hydrogen) atoms. The number of aromatic nitrogens is 3. The summed E-state index contributed by atoms with van der Waals surface area (Å²) >= 11 is 0. The van der Waals surface area contributed by atoms with Crippen LogP contribution in [-0.4, -0.2) is 27.6 Å². The summed E-state index contributed by atoms with van der Waals surface area (Å²) < 4.78 is 0. The molecule has 1 amide bonds. The maximum absolute atomic E-state index is 12.2. The summed E-state index contributed by atoms with van der Waals surface area (Å²) in [5.74, 6) is 0.447. The summed E-state index contributed by atoms with van der Waals surface area (Å²) in [6.45, 7) is 3.20. The van der Waals surface area contributed by atoms with Gasteiger partial charge in [0.25, 0.3) is 5.91 Å². The molecule has 0 aliphatic heterocycles. The molecule has 2 aromatic heterocycles. The lowest BCUT2D eigenvalue weighted by Crippen LogP contribution is -2.25. The minimum Gasteiger partial charge on any atom is -0.347 e. The van der Waals surface area contributed by atoms with Crippen molar-refractivity contribution in [2.75, 3.05) is 11.4 Å². The maximum Gasteiger partial charge on any atom is 0.272 e. The highest BCUT2D eigenvalue weighted by atomic mass is 16.1. The number of carbonyl (C=O) groups is 1. The smallest absolute Gasteiger partial charge is 0.272 e. The number of hydrogen-bond acceptors (Lipinski definition) is 5. The third kappa shape index (κ3) is 4.17. The summed E-state index contributed by atoms with van der Waals surface area (Å²) in [6, 6.07) is 17.2. The summed E-state index contributed by atoms with van der Waals surface area (Å²) in [6.07, 6.45) is 3.41. The number of nitrogens with one attached hydrogen (secondary N) is 1. The van der Waals surface area contributed by atoms with Crippen LogP contribution in [0, 0.1) is 0 Å². The first-order chi connectivity index (χ1) is 12.3. The van der Waals surface area contributed by atoms with Gasteiger partial charge in [-0.3, -0.25) is 9.78 Å². The van der Waals surface area contributed by atoms with Crippen molar-refractivity contribution in [3.63, 3.8) is 0 Å². The molecule has 0 spiro atoms. The number of rotatable bonds is 6. The molecule has 6 nitrogen and oxygen atoms in total. The van der Waals surface area contributed by atoms with Gasteiger partial charge in [-0.2, -0.15) is 0 Å². The van der Waals surface area contributed by atoms with Gasteiger partial charge in [0, 0.05) is 31.2 Å². The lowest BCUT2D eigenvalue weighted by molar-refractivity contribution is 0.0945. The van der Waals surface area contributed by atoms with Gasteiger partial charge in [-0.05, 0) is 42.8 Å². The van der Waals surface area contributed by atoms with Crippen LogP contribution in [0.15, 0.2) is 67.0 Å². The molecule has 1 aromatic carbocycles. The van der Waals surface area contributed by atoms with E-state index in [1.807, 2.05) is 60.4 Å². The Morgan fingerprint density at radius 3 is 2.52 bits per heavy atom. The van der Waals surface area contributed by atoms with Crippen molar-refractivity contribution in [3.05, 3.63) is 78.2 Å². The lowest BCUT2D eigenvalue weighted by atomic mass is 10.2. The molecule has 126 valence electrons. The number of pyridine rings is 1. The van der Waals surface area contributed by atoms with Gasteiger partial charge >= 0.3 is 0 Å². The third-order valence-corrected chi connectivity index (χ3v) is 3.72. The average molecular weight is 333 g/mol. The van der Waals surface area contributed by atoms with Crippen LogP contribution in [0.5, 0.6) is 0 Å². The van der Waals surface area contributed by atoms with E-state index in [1.165, 1.54) is 0 Å². The predicted molar refractivity (Wildman–Crippen MR) is 96.6 cm³/mol. The van der Waals surface area contributed by atoms with Crippen molar-refractivity contribution in [1.29, 1.82) is 0 Å². The number of benzene rings is 1. The summed E-state index contributed by atoms with van der Waals surface area (Å²) in [7, 11) is 0. The van der Waals surface area contributed by atoms with Gasteiger partial charge in [0.15, 0.2) is 11.5 Å². The van der Waals surface area contributed by atoms with Crippen LogP contribution in [0.2, 0.25) is 0 Å². The largest absolute Gasteiger partial charge is 0.347 e. The molecule has 2 heterocycles. The highest BCUT2D eigenvalue weighted by Crippen LogP contribution is 2.22. The van der Waals surface area contributed by atoms with Crippen molar-refractivity contribution >= 4 is 17.4 Å². The number of amides is 1. The van der Waals surface area contributed by atoms with E-state index < -0.39 is 0 Å². The molecule has 3 rings (SSSR count). The topological polar surface area (TPSA) is 71.0 Å².